The number of halogens is 2. The smallest absolute Gasteiger partial charge is 0.268 e. The average molecular weight is 349 g/mol. The van der Waals surface area contributed by atoms with Gasteiger partial charge in [-0.15, -0.1) is 0 Å². The van der Waals surface area contributed by atoms with Crippen molar-refractivity contribution in [3.63, 3.8) is 0 Å². The van der Waals surface area contributed by atoms with Crippen LogP contribution in [-0.4, -0.2) is 20.7 Å². The Balaban J connectivity index is 1.58. The predicted octanol–water partition coefficient (Wildman–Crippen LogP) is 3.50. The SMILES string of the molecule is O=C(NCc1cnn(Cc2ccccc2)c1)c1cc(Cl)c(Cl)[nH]1. The van der Waals surface area contributed by atoms with Crippen LogP contribution in [-0.2, 0) is 13.1 Å². The summed E-state index contributed by atoms with van der Waals surface area (Å²) < 4.78 is 1.83. The molecule has 0 aliphatic rings. The van der Waals surface area contributed by atoms with Gasteiger partial charge in [-0.1, -0.05) is 53.5 Å². The molecule has 3 aromatic rings. The number of benzene rings is 1. The topological polar surface area (TPSA) is 62.7 Å². The molecule has 23 heavy (non-hydrogen) atoms. The summed E-state index contributed by atoms with van der Waals surface area (Å²) in [5.74, 6) is -0.269. The Bertz CT molecular complexity index is 791. The summed E-state index contributed by atoms with van der Waals surface area (Å²) in [4.78, 5) is 14.7. The lowest BCUT2D eigenvalue weighted by atomic mass is 10.2. The van der Waals surface area contributed by atoms with Gasteiger partial charge in [0.25, 0.3) is 5.91 Å². The summed E-state index contributed by atoms with van der Waals surface area (Å²) in [5.41, 5.74) is 2.41. The molecule has 3 rings (SSSR count). The average Bonchev–Trinajstić information content (AvgIpc) is 3.13. The van der Waals surface area contributed by atoms with Crippen molar-refractivity contribution in [3.05, 3.63) is 75.8 Å². The van der Waals surface area contributed by atoms with Gasteiger partial charge < -0.3 is 10.3 Å². The van der Waals surface area contributed by atoms with Gasteiger partial charge >= 0.3 is 0 Å². The van der Waals surface area contributed by atoms with Crippen LogP contribution < -0.4 is 5.32 Å². The molecular weight excluding hydrogens is 335 g/mol. The summed E-state index contributed by atoms with van der Waals surface area (Å²) in [5, 5.41) is 7.67. The van der Waals surface area contributed by atoms with E-state index in [1.54, 1.807) is 6.20 Å². The molecule has 0 saturated carbocycles. The normalized spacial score (nSPS) is 10.7. The second-order valence-electron chi connectivity index (χ2n) is 5.06. The maximum Gasteiger partial charge on any atom is 0.268 e. The molecule has 2 aromatic heterocycles. The molecule has 2 heterocycles. The van der Waals surface area contributed by atoms with Crippen molar-refractivity contribution in [2.75, 3.05) is 0 Å². The molecule has 0 fully saturated rings. The van der Waals surface area contributed by atoms with Gasteiger partial charge in [-0.3, -0.25) is 9.48 Å². The number of carbonyl (C=O) groups excluding carboxylic acids is 1. The van der Waals surface area contributed by atoms with Crippen molar-refractivity contribution in [2.45, 2.75) is 13.1 Å². The maximum absolute atomic E-state index is 12.0. The van der Waals surface area contributed by atoms with E-state index in [-0.39, 0.29) is 11.1 Å². The zero-order chi connectivity index (χ0) is 16.2. The molecule has 5 nitrogen and oxygen atoms in total. The summed E-state index contributed by atoms with van der Waals surface area (Å²) >= 11 is 11.6. The fourth-order valence-electron chi connectivity index (χ4n) is 2.16. The molecule has 118 valence electrons. The molecule has 1 amide bonds. The number of nitrogens with one attached hydrogen (secondary N) is 2. The van der Waals surface area contributed by atoms with Crippen LogP contribution in [0.4, 0.5) is 0 Å². The van der Waals surface area contributed by atoms with Gasteiger partial charge in [0.1, 0.15) is 10.8 Å². The van der Waals surface area contributed by atoms with Gasteiger partial charge in [0.05, 0.1) is 17.8 Å². The minimum absolute atomic E-state index is 0.257. The number of aromatic amines is 1. The van der Waals surface area contributed by atoms with Gasteiger partial charge in [-0.05, 0) is 11.6 Å². The second-order valence-corrected chi connectivity index (χ2v) is 5.84. The molecule has 0 radical (unpaired) electrons. The van der Waals surface area contributed by atoms with E-state index in [0.29, 0.717) is 23.8 Å². The molecule has 0 atom stereocenters. The number of nitrogens with zero attached hydrogens (tertiary/aromatic N) is 2. The van der Waals surface area contributed by atoms with E-state index in [9.17, 15) is 4.79 Å². The molecule has 0 unspecified atom stereocenters. The number of hydrogen-bond acceptors (Lipinski definition) is 2. The number of H-pyrrole nitrogens is 1. The van der Waals surface area contributed by atoms with Crippen LogP contribution in [0.2, 0.25) is 10.2 Å². The highest BCUT2D eigenvalue weighted by molar-refractivity contribution is 6.41. The van der Waals surface area contributed by atoms with E-state index >= 15 is 0 Å². The first-order valence-corrected chi connectivity index (χ1v) is 7.75. The van der Waals surface area contributed by atoms with Crippen molar-refractivity contribution in [1.29, 1.82) is 0 Å². The van der Waals surface area contributed by atoms with Crippen LogP contribution >= 0.6 is 23.2 Å². The summed E-state index contributed by atoms with van der Waals surface area (Å²) in [7, 11) is 0. The van der Waals surface area contributed by atoms with E-state index in [0.717, 1.165) is 5.56 Å². The number of carbonyl (C=O) groups is 1. The number of rotatable bonds is 5. The van der Waals surface area contributed by atoms with Crippen LogP contribution in [0.1, 0.15) is 21.6 Å². The minimum Gasteiger partial charge on any atom is -0.347 e. The van der Waals surface area contributed by atoms with Crippen LogP contribution in [0.3, 0.4) is 0 Å². The van der Waals surface area contributed by atoms with Gasteiger partial charge in [-0.25, -0.2) is 0 Å². The Morgan fingerprint density at radius 2 is 2.00 bits per heavy atom. The zero-order valence-corrected chi connectivity index (χ0v) is 13.6. The van der Waals surface area contributed by atoms with Gasteiger partial charge in [-0.2, -0.15) is 5.10 Å². The molecule has 7 heteroatoms. The first-order chi connectivity index (χ1) is 11.1. The monoisotopic (exact) mass is 348 g/mol. The molecule has 1 aromatic carbocycles. The lowest BCUT2D eigenvalue weighted by Gasteiger charge is -2.02. The van der Waals surface area contributed by atoms with Crippen LogP contribution in [0.25, 0.3) is 0 Å². The van der Waals surface area contributed by atoms with Crippen molar-refractivity contribution in [2.24, 2.45) is 0 Å². The zero-order valence-electron chi connectivity index (χ0n) is 12.1. The Kier molecular flexibility index (Phi) is 4.69. The molecular formula is C16H14Cl2N4O. The quantitative estimate of drug-likeness (QED) is 0.741. The number of aromatic nitrogens is 3. The lowest BCUT2D eigenvalue weighted by molar-refractivity contribution is 0.0946. The highest BCUT2D eigenvalue weighted by atomic mass is 35.5. The minimum atomic E-state index is -0.269. The van der Waals surface area contributed by atoms with E-state index in [2.05, 4.69) is 15.4 Å². The van der Waals surface area contributed by atoms with Crippen molar-refractivity contribution in [3.8, 4) is 0 Å². The van der Waals surface area contributed by atoms with Crippen molar-refractivity contribution < 1.29 is 4.79 Å². The summed E-state index contributed by atoms with van der Waals surface area (Å²) in [6, 6.07) is 11.5. The molecule has 0 spiro atoms. The molecule has 0 saturated heterocycles. The highest BCUT2D eigenvalue weighted by Crippen LogP contribution is 2.21. The Morgan fingerprint density at radius 3 is 2.70 bits per heavy atom. The fourth-order valence-corrected chi connectivity index (χ4v) is 2.47. The Labute approximate surface area is 143 Å². The molecule has 2 N–H and O–H groups in total. The van der Waals surface area contributed by atoms with Crippen LogP contribution in [0, 0.1) is 0 Å². The third-order valence-electron chi connectivity index (χ3n) is 3.30. The fraction of sp³-hybridized carbons (Fsp3) is 0.125. The highest BCUT2D eigenvalue weighted by Gasteiger charge is 2.11. The number of amides is 1. The third-order valence-corrected chi connectivity index (χ3v) is 3.99. The van der Waals surface area contributed by atoms with Crippen molar-refractivity contribution >= 4 is 29.1 Å². The maximum atomic E-state index is 12.0. The van der Waals surface area contributed by atoms with E-state index in [1.807, 2.05) is 41.2 Å². The standard InChI is InChI=1S/C16H14Cl2N4O/c17-13-6-14(21-15(13)18)16(23)19-7-12-8-20-22(10-12)9-11-4-2-1-3-5-11/h1-6,8,10,21H,7,9H2,(H,19,23). The summed E-state index contributed by atoms with van der Waals surface area (Å²) in [6.07, 6.45) is 3.64. The van der Waals surface area contributed by atoms with Gasteiger partial charge in [0.2, 0.25) is 0 Å². The Morgan fingerprint density at radius 1 is 1.22 bits per heavy atom. The van der Waals surface area contributed by atoms with E-state index in [4.69, 9.17) is 23.2 Å². The first-order valence-electron chi connectivity index (χ1n) is 6.99. The Hall–Kier alpha value is -2.24. The van der Waals surface area contributed by atoms with Gasteiger partial charge in [0.15, 0.2) is 0 Å². The number of hydrogen-bond donors (Lipinski definition) is 2. The lowest BCUT2D eigenvalue weighted by Crippen LogP contribution is -2.22. The van der Waals surface area contributed by atoms with E-state index in [1.165, 1.54) is 11.6 Å². The third kappa shape index (κ3) is 3.94. The summed E-state index contributed by atoms with van der Waals surface area (Å²) in [6.45, 7) is 1.07. The van der Waals surface area contributed by atoms with Crippen LogP contribution in [0.15, 0.2) is 48.8 Å². The molecule has 0 aliphatic heterocycles. The second kappa shape index (κ2) is 6.89. The first kappa shape index (κ1) is 15.6. The van der Waals surface area contributed by atoms with Crippen molar-refractivity contribution in [1.82, 2.24) is 20.1 Å². The largest absolute Gasteiger partial charge is 0.347 e. The molecule has 0 bridgehead atoms. The van der Waals surface area contributed by atoms with E-state index < -0.39 is 0 Å². The van der Waals surface area contributed by atoms with Gasteiger partial charge in [0, 0.05) is 18.3 Å². The molecule has 0 aliphatic carbocycles. The van der Waals surface area contributed by atoms with Crippen LogP contribution in [0.5, 0.6) is 0 Å². The predicted molar refractivity (Wildman–Crippen MR) is 89.8 cm³/mol.